The van der Waals surface area contributed by atoms with Gasteiger partial charge >= 0.3 is 0 Å². The lowest BCUT2D eigenvalue weighted by molar-refractivity contribution is 0.102. The molecule has 0 aliphatic heterocycles. The molecular weight excluding hydrogens is 271 g/mol. The molecule has 1 heterocycles. The van der Waals surface area contributed by atoms with Crippen molar-refractivity contribution in [2.45, 2.75) is 0 Å². The fourth-order valence-electron chi connectivity index (χ4n) is 2.10. The molecule has 0 radical (unpaired) electrons. The van der Waals surface area contributed by atoms with E-state index in [0.29, 0.717) is 5.69 Å². The third-order valence-corrected chi connectivity index (χ3v) is 3.14. The van der Waals surface area contributed by atoms with Crippen LogP contribution in [0, 0.1) is 5.82 Å². The number of benzene rings is 2. The van der Waals surface area contributed by atoms with E-state index in [1.807, 2.05) is 6.07 Å². The molecule has 3 aromatic rings. The minimum Gasteiger partial charge on any atom is -0.358 e. The summed E-state index contributed by atoms with van der Waals surface area (Å²) in [4.78, 5) is 27.1. The second-order valence-corrected chi connectivity index (χ2v) is 4.51. The second-order valence-electron chi connectivity index (χ2n) is 4.51. The van der Waals surface area contributed by atoms with Crippen LogP contribution in [0.5, 0.6) is 0 Å². The molecule has 0 atom stereocenters. The number of aromatic amines is 1. The summed E-state index contributed by atoms with van der Waals surface area (Å²) < 4.78 is 13.6. The number of amides is 1. The van der Waals surface area contributed by atoms with Crippen molar-refractivity contribution in [2.75, 3.05) is 5.32 Å². The van der Waals surface area contributed by atoms with Crippen LogP contribution < -0.4 is 10.7 Å². The first kappa shape index (κ1) is 13.1. The fraction of sp³-hybridized carbons (Fsp3) is 0. The van der Waals surface area contributed by atoms with Crippen LogP contribution in [0.25, 0.3) is 10.9 Å². The number of nitrogens with one attached hydrogen (secondary N) is 2. The molecule has 0 saturated heterocycles. The molecule has 104 valence electrons. The van der Waals surface area contributed by atoms with Gasteiger partial charge < -0.3 is 10.3 Å². The number of anilines is 1. The summed E-state index contributed by atoms with van der Waals surface area (Å²) >= 11 is 0. The highest BCUT2D eigenvalue weighted by Crippen LogP contribution is 2.13. The van der Waals surface area contributed by atoms with E-state index < -0.39 is 17.2 Å². The van der Waals surface area contributed by atoms with Gasteiger partial charge in [-0.3, -0.25) is 9.59 Å². The Labute approximate surface area is 119 Å². The Morgan fingerprint density at radius 3 is 2.57 bits per heavy atom. The van der Waals surface area contributed by atoms with Crippen LogP contribution in [0.3, 0.4) is 0 Å². The molecule has 1 aromatic heterocycles. The number of carbonyl (C=O) groups is 1. The molecule has 2 N–H and O–H groups in total. The Hall–Kier alpha value is -2.95. The van der Waals surface area contributed by atoms with Gasteiger partial charge in [0.05, 0.1) is 5.52 Å². The predicted octanol–water partition coefficient (Wildman–Crippen LogP) is 2.92. The van der Waals surface area contributed by atoms with E-state index in [1.54, 1.807) is 24.3 Å². The van der Waals surface area contributed by atoms with Crippen molar-refractivity contribution < 1.29 is 9.18 Å². The van der Waals surface area contributed by atoms with Gasteiger partial charge in [-0.05, 0) is 24.3 Å². The number of halogens is 1. The third-order valence-electron chi connectivity index (χ3n) is 3.14. The summed E-state index contributed by atoms with van der Waals surface area (Å²) in [5, 5.41) is 2.77. The molecule has 0 saturated carbocycles. The van der Waals surface area contributed by atoms with E-state index in [9.17, 15) is 14.0 Å². The standard InChI is InChI=1S/C16H11FN2O2/c17-13-8-4-7-11-14(13)18-9-12(15(11)20)16(21)19-10-5-2-1-3-6-10/h1-9H,(H,18,20)(H,19,21). The van der Waals surface area contributed by atoms with Crippen molar-refractivity contribution in [1.29, 1.82) is 0 Å². The summed E-state index contributed by atoms with van der Waals surface area (Å²) in [6, 6.07) is 13.0. The first-order valence-corrected chi connectivity index (χ1v) is 6.33. The average Bonchev–Trinajstić information content (AvgIpc) is 2.49. The number of aromatic nitrogens is 1. The summed E-state index contributed by atoms with van der Waals surface area (Å²) in [6.07, 6.45) is 1.23. The molecule has 0 spiro atoms. The quantitative estimate of drug-likeness (QED) is 0.759. The number of H-pyrrole nitrogens is 1. The van der Waals surface area contributed by atoms with Crippen molar-refractivity contribution in [2.24, 2.45) is 0 Å². The van der Waals surface area contributed by atoms with Gasteiger partial charge in [0.15, 0.2) is 0 Å². The number of pyridine rings is 1. The lowest BCUT2D eigenvalue weighted by Gasteiger charge is -2.06. The minimum atomic E-state index is -0.534. The smallest absolute Gasteiger partial charge is 0.261 e. The van der Waals surface area contributed by atoms with Gasteiger partial charge in [-0.25, -0.2) is 4.39 Å². The van der Waals surface area contributed by atoms with Crippen LogP contribution in [-0.2, 0) is 0 Å². The maximum Gasteiger partial charge on any atom is 0.261 e. The van der Waals surface area contributed by atoms with Gasteiger partial charge in [-0.1, -0.05) is 24.3 Å². The fourth-order valence-corrected chi connectivity index (χ4v) is 2.10. The van der Waals surface area contributed by atoms with Crippen molar-refractivity contribution >= 4 is 22.5 Å². The van der Waals surface area contributed by atoms with Crippen LogP contribution >= 0.6 is 0 Å². The second kappa shape index (κ2) is 5.20. The van der Waals surface area contributed by atoms with E-state index in [1.165, 1.54) is 24.4 Å². The maximum absolute atomic E-state index is 13.6. The minimum absolute atomic E-state index is 0.0584. The Bertz CT molecular complexity index is 872. The van der Waals surface area contributed by atoms with E-state index >= 15 is 0 Å². The molecule has 0 aliphatic carbocycles. The third kappa shape index (κ3) is 2.41. The van der Waals surface area contributed by atoms with E-state index in [4.69, 9.17) is 0 Å². The molecule has 0 aliphatic rings. The maximum atomic E-state index is 13.6. The molecule has 3 rings (SSSR count). The number of hydrogen-bond donors (Lipinski definition) is 2. The highest BCUT2D eigenvalue weighted by Gasteiger charge is 2.14. The van der Waals surface area contributed by atoms with Crippen molar-refractivity contribution in [3.63, 3.8) is 0 Å². The Morgan fingerprint density at radius 1 is 1.05 bits per heavy atom. The normalized spacial score (nSPS) is 10.5. The molecule has 1 amide bonds. The first-order chi connectivity index (χ1) is 10.2. The van der Waals surface area contributed by atoms with Crippen LogP contribution in [0.15, 0.2) is 59.5 Å². The number of rotatable bonds is 2. The van der Waals surface area contributed by atoms with Gasteiger partial charge in [0.2, 0.25) is 5.43 Å². The van der Waals surface area contributed by atoms with Crippen LogP contribution in [0.4, 0.5) is 10.1 Å². The Balaban J connectivity index is 2.03. The van der Waals surface area contributed by atoms with Crippen LogP contribution in [-0.4, -0.2) is 10.9 Å². The van der Waals surface area contributed by atoms with Crippen molar-refractivity contribution in [1.82, 2.24) is 4.98 Å². The van der Waals surface area contributed by atoms with Gasteiger partial charge in [0.1, 0.15) is 11.4 Å². The molecule has 5 heteroatoms. The number of hydrogen-bond acceptors (Lipinski definition) is 2. The summed E-state index contributed by atoms with van der Waals surface area (Å²) in [7, 11) is 0. The van der Waals surface area contributed by atoms with Crippen LogP contribution in [0.1, 0.15) is 10.4 Å². The average molecular weight is 282 g/mol. The molecule has 4 nitrogen and oxygen atoms in total. The molecule has 0 unspecified atom stereocenters. The van der Waals surface area contributed by atoms with Gasteiger partial charge in [0, 0.05) is 17.3 Å². The summed E-state index contributed by atoms with van der Waals surface area (Å²) in [6.45, 7) is 0. The topological polar surface area (TPSA) is 62.0 Å². The Kier molecular flexibility index (Phi) is 3.23. The van der Waals surface area contributed by atoms with Crippen LogP contribution in [0.2, 0.25) is 0 Å². The lowest BCUT2D eigenvalue weighted by Crippen LogP contribution is -2.22. The van der Waals surface area contributed by atoms with Gasteiger partial charge in [-0.15, -0.1) is 0 Å². The van der Waals surface area contributed by atoms with Crippen molar-refractivity contribution in [3.8, 4) is 0 Å². The summed E-state index contributed by atoms with van der Waals surface area (Å²) in [5.74, 6) is -1.06. The highest BCUT2D eigenvalue weighted by molar-refractivity contribution is 6.05. The summed E-state index contributed by atoms with van der Waals surface area (Å²) in [5.41, 5.74) is 0.119. The zero-order valence-electron chi connectivity index (χ0n) is 10.9. The highest BCUT2D eigenvalue weighted by atomic mass is 19.1. The largest absolute Gasteiger partial charge is 0.358 e. The molecule has 2 aromatic carbocycles. The van der Waals surface area contributed by atoms with E-state index in [0.717, 1.165) is 0 Å². The SMILES string of the molecule is O=C(Nc1ccccc1)c1c[nH]c2c(F)cccc2c1=O. The Morgan fingerprint density at radius 2 is 1.81 bits per heavy atom. The monoisotopic (exact) mass is 282 g/mol. The molecule has 21 heavy (non-hydrogen) atoms. The first-order valence-electron chi connectivity index (χ1n) is 6.33. The lowest BCUT2D eigenvalue weighted by atomic mass is 10.1. The predicted molar refractivity (Wildman–Crippen MR) is 78.9 cm³/mol. The molecule has 0 bridgehead atoms. The molecule has 0 fully saturated rings. The zero-order chi connectivity index (χ0) is 14.8. The van der Waals surface area contributed by atoms with Crippen molar-refractivity contribution in [3.05, 3.63) is 76.3 Å². The molecular formula is C16H11FN2O2. The van der Waals surface area contributed by atoms with Gasteiger partial charge in [-0.2, -0.15) is 0 Å². The zero-order valence-corrected chi connectivity index (χ0v) is 10.9. The number of carbonyl (C=O) groups excluding carboxylic acids is 1. The van der Waals surface area contributed by atoms with Gasteiger partial charge in [0.25, 0.3) is 5.91 Å². The number of fused-ring (bicyclic) bond motifs is 1. The van der Waals surface area contributed by atoms with E-state index in [2.05, 4.69) is 10.3 Å². The van der Waals surface area contributed by atoms with E-state index in [-0.39, 0.29) is 16.5 Å². The number of para-hydroxylation sites is 2.